The van der Waals surface area contributed by atoms with Gasteiger partial charge in [0.05, 0.1) is 15.4 Å². The fourth-order valence-electron chi connectivity index (χ4n) is 3.54. The Balaban J connectivity index is 1.35. The number of amides is 1. The fourth-order valence-corrected chi connectivity index (χ4v) is 4.93. The molecule has 156 valence electrons. The van der Waals surface area contributed by atoms with Gasteiger partial charge in [0.1, 0.15) is 0 Å². The summed E-state index contributed by atoms with van der Waals surface area (Å²) in [5, 5.41) is 7.58. The van der Waals surface area contributed by atoms with Crippen molar-refractivity contribution < 1.29 is 4.79 Å². The Labute approximate surface area is 189 Å². The summed E-state index contributed by atoms with van der Waals surface area (Å²) in [6.45, 7) is 0.496. The summed E-state index contributed by atoms with van der Waals surface area (Å²) in [6.07, 6.45) is 7.24. The van der Waals surface area contributed by atoms with E-state index in [0.717, 1.165) is 29.0 Å². The lowest BCUT2D eigenvalue weighted by atomic mass is 10.1. The first kappa shape index (κ1) is 21.1. The van der Waals surface area contributed by atoms with E-state index in [-0.39, 0.29) is 5.91 Å². The van der Waals surface area contributed by atoms with E-state index in [1.807, 2.05) is 24.3 Å². The van der Waals surface area contributed by atoms with E-state index in [0.29, 0.717) is 39.9 Å². The molecule has 2 heterocycles. The van der Waals surface area contributed by atoms with Crippen molar-refractivity contribution in [2.24, 2.45) is 0 Å². The van der Waals surface area contributed by atoms with Crippen LogP contribution in [0.1, 0.15) is 40.9 Å². The largest absolute Gasteiger partial charge is 0.351 e. The maximum Gasteiger partial charge on any atom is 0.261 e. The number of carbonyl (C=O) groups excluding carboxylic acids is 1. The number of hydrogen-bond acceptors (Lipinski definition) is 5. The second-order valence-electron chi connectivity index (χ2n) is 7.30. The Hall–Kier alpha value is -2.15. The number of thiophene rings is 1. The lowest BCUT2D eigenvalue weighted by molar-refractivity contribution is 0.0958. The van der Waals surface area contributed by atoms with Gasteiger partial charge in [-0.1, -0.05) is 42.1 Å². The molecule has 1 aromatic carbocycles. The lowest BCUT2D eigenvalue weighted by Crippen LogP contribution is -2.24. The van der Waals surface area contributed by atoms with Crippen LogP contribution in [0.3, 0.4) is 0 Å². The summed E-state index contributed by atoms with van der Waals surface area (Å²) in [5.41, 5.74) is 1.78. The van der Waals surface area contributed by atoms with E-state index in [1.54, 1.807) is 18.3 Å². The molecule has 30 heavy (non-hydrogen) atoms. The molecule has 5 nitrogen and oxygen atoms in total. The van der Waals surface area contributed by atoms with Gasteiger partial charge in [-0.3, -0.25) is 4.79 Å². The molecule has 1 saturated carbocycles. The van der Waals surface area contributed by atoms with Crippen molar-refractivity contribution in [3.8, 4) is 10.6 Å². The van der Waals surface area contributed by atoms with E-state index in [1.165, 1.54) is 24.2 Å². The zero-order valence-electron chi connectivity index (χ0n) is 16.3. The van der Waals surface area contributed by atoms with E-state index >= 15 is 0 Å². The second kappa shape index (κ2) is 9.77. The molecule has 8 heteroatoms. The van der Waals surface area contributed by atoms with Gasteiger partial charge in [-0.15, -0.1) is 11.3 Å². The Morgan fingerprint density at radius 2 is 1.97 bits per heavy atom. The fraction of sp³-hybridized carbons (Fsp3) is 0.318. The Morgan fingerprint density at radius 3 is 2.77 bits per heavy atom. The lowest BCUT2D eigenvalue weighted by Gasteiger charge is -2.11. The number of nitrogens with one attached hydrogen (secondary N) is 2. The number of rotatable bonds is 7. The Kier molecular flexibility index (Phi) is 6.87. The number of carbonyl (C=O) groups is 1. The number of aromatic nitrogens is 2. The average molecular weight is 461 g/mol. The molecule has 0 aliphatic heterocycles. The van der Waals surface area contributed by atoms with Crippen LogP contribution < -0.4 is 10.6 Å². The molecule has 0 unspecified atom stereocenters. The first-order valence-corrected chi connectivity index (χ1v) is 11.6. The van der Waals surface area contributed by atoms with Gasteiger partial charge in [0.15, 0.2) is 0 Å². The summed E-state index contributed by atoms with van der Waals surface area (Å²) in [6, 6.07) is 11.5. The molecule has 1 aliphatic carbocycles. The predicted molar refractivity (Wildman–Crippen MR) is 124 cm³/mol. The third kappa shape index (κ3) is 5.31. The molecule has 4 rings (SSSR count). The third-order valence-corrected chi connectivity index (χ3v) is 6.81. The van der Waals surface area contributed by atoms with Crippen LogP contribution in [0.4, 0.5) is 5.95 Å². The van der Waals surface area contributed by atoms with E-state index in [2.05, 4.69) is 20.6 Å². The monoisotopic (exact) mass is 460 g/mol. The Bertz CT molecular complexity index is 1030. The predicted octanol–water partition coefficient (Wildman–Crippen LogP) is 5.84. The molecule has 0 bridgehead atoms. The highest BCUT2D eigenvalue weighted by Gasteiger charge is 2.16. The van der Waals surface area contributed by atoms with Crippen LogP contribution in [0.2, 0.25) is 10.0 Å². The third-order valence-electron chi connectivity index (χ3n) is 5.12. The van der Waals surface area contributed by atoms with Gasteiger partial charge in [-0.05, 0) is 55.2 Å². The number of benzene rings is 1. The van der Waals surface area contributed by atoms with E-state index in [9.17, 15) is 4.79 Å². The topological polar surface area (TPSA) is 66.9 Å². The maximum absolute atomic E-state index is 12.5. The van der Waals surface area contributed by atoms with E-state index in [4.69, 9.17) is 23.2 Å². The van der Waals surface area contributed by atoms with Crippen LogP contribution in [0.15, 0.2) is 42.6 Å². The highest BCUT2D eigenvalue weighted by molar-refractivity contribution is 7.17. The first-order valence-electron chi connectivity index (χ1n) is 10.0. The van der Waals surface area contributed by atoms with Crippen LogP contribution >= 0.6 is 34.5 Å². The molecule has 1 amide bonds. The van der Waals surface area contributed by atoms with Crippen LogP contribution in [0, 0.1) is 0 Å². The van der Waals surface area contributed by atoms with Gasteiger partial charge in [0.25, 0.3) is 5.91 Å². The smallest absolute Gasteiger partial charge is 0.261 e. The van der Waals surface area contributed by atoms with E-state index < -0.39 is 0 Å². The van der Waals surface area contributed by atoms with Gasteiger partial charge in [0.2, 0.25) is 5.95 Å². The molecule has 1 fully saturated rings. The summed E-state index contributed by atoms with van der Waals surface area (Å²) < 4.78 is 0. The molecule has 0 radical (unpaired) electrons. The van der Waals surface area contributed by atoms with Crippen LogP contribution in [0.5, 0.6) is 0 Å². The summed E-state index contributed by atoms with van der Waals surface area (Å²) in [5.74, 6) is 0.549. The summed E-state index contributed by atoms with van der Waals surface area (Å²) in [4.78, 5) is 23.1. The molecule has 2 N–H and O–H groups in total. The van der Waals surface area contributed by atoms with Crippen molar-refractivity contribution in [1.29, 1.82) is 0 Å². The molecule has 3 aromatic rings. The highest BCUT2D eigenvalue weighted by Crippen LogP contribution is 2.28. The summed E-state index contributed by atoms with van der Waals surface area (Å²) in [7, 11) is 0. The molecular weight excluding hydrogens is 439 g/mol. The van der Waals surface area contributed by atoms with Crippen molar-refractivity contribution >= 4 is 46.4 Å². The maximum atomic E-state index is 12.5. The zero-order valence-corrected chi connectivity index (χ0v) is 18.7. The summed E-state index contributed by atoms with van der Waals surface area (Å²) >= 11 is 13.5. The van der Waals surface area contributed by atoms with Crippen molar-refractivity contribution in [2.45, 2.75) is 38.1 Å². The molecule has 2 aromatic heterocycles. The molecule has 0 atom stereocenters. The van der Waals surface area contributed by atoms with Crippen LogP contribution in [-0.2, 0) is 6.42 Å². The number of nitrogens with zero attached hydrogens (tertiary/aromatic N) is 2. The van der Waals surface area contributed by atoms with Gasteiger partial charge in [-0.2, -0.15) is 0 Å². The number of halogens is 2. The van der Waals surface area contributed by atoms with Crippen LogP contribution in [-0.4, -0.2) is 28.5 Å². The van der Waals surface area contributed by atoms with Gasteiger partial charge >= 0.3 is 0 Å². The zero-order chi connectivity index (χ0) is 20.9. The molecule has 1 aliphatic rings. The van der Waals surface area contributed by atoms with Crippen molar-refractivity contribution in [1.82, 2.24) is 15.3 Å². The van der Waals surface area contributed by atoms with Crippen molar-refractivity contribution in [3.63, 3.8) is 0 Å². The molecular formula is C22H22Cl2N4OS. The number of anilines is 1. The second-order valence-corrected chi connectivity index (χ2v) is 9.22. The van der Waals surface area contributed by atoms with Crippen LogP contribution in [0.25, 0.3) is 10.6 Å². The number of hydrogen-bond donors (Lipinski definition) is 2. The standard InChI is InChI=1S/C22H22Cl2N4OS/c23-15-6-5-14(17(24)13-15)9-11-25-21(29)20-8-7-19(30-20)18-10-12-26-22(28-18)27-16-3-1-2-4-16/h5-8,10,12-13,16H,1-4,9,11H2,(H,25,29)(H,26,27,28). The van der Waals surface area contributed by atoms with Gasteiger partial charge < -0.3 is 10.6 Å². The quantitative estimate of drug-likeness (QED) is 0.464. The van der Waals surface area contributed by atoms with Gasteiger partial charge in [-0.25, -0.2) is 9.97 Å². The van der Waals surface area contributed by atoms with Gasteiger partial charge in [0, 0.05) is 28.8 Å². The minimum absolute atomic E-state index is 0.102. The Morgan fingerprint density at radius 1 is 1.13 bits per heavy atom. The van der Waals surface area contributed by atoms with Crippen molar-refractivity contribution in [3.05, 3.63) is 63.1 Å². The highest BCUT2D eigenvalue weighted by atomic mass is 35.5. The van der Waals surface area contributed by atoms with Crippen molar-refractivity contribution in [2.75, 3.05) is 11.9 Å². The minimum atomic E-state index is -0.102. The first-order chi connectivity index (χ1) is 14.6. The molecule has 0 spiro atoms. The molecule has 0 saturated heterocycles. The average Bonchev–Trinajstić information content (AvgIpc) is 3.42. The minimum Gasteiger partial charge on any atom is -0.351 e. The SMILES string of the molecule is O=C(NCCc1ccc(Cl)cc1Cl)c1ccc(-c2ccnc(NC3CCCC3)n2)s1. The normalized spacial score (nSPS) is 14.1.